The summed E-state index contributed by atoms with van der Waals surface area (Å²) in [6, 6.07) is 0. The van der Waals surface area contributed by atoms with Crippen LogP contribution in [0.25, 0.3) is 0 Å². The fourth-order valence-electron chi connectivity index (χ4n) is 4.55. The molecule has 0 unspecified atom stereocenters. The van der Waals surface area contributed by atoms with Gasteiger partial charge in [-0.1, -0.05) is 39.5 Å². The normalized spacial score (nSPS) is 11.4. The molecule has 0 N–H and O–H groups in total. The van der Waals surface area contributed by atoms with Gasteiger partial charge in [-0.25, -0.2) is 0 Å². The molecule has 0 atom stereocenters. The van der Waals surface area contributed by atoms with Gasteiger partial charge in [0.15, 0.2) is 0 Å². The molecule has 0 amide bonds. The Morgan fingerprint density at radius 2 is 0.452 bits per heavy atom. The Morgan fingerprint density at radius 1 is 0.258 bits per heavy atom. The van der Waals surface area contributed by atoms with Crippen molar-refractivity contribution in [1.82, 2.24) is 0 Å². The van der Waals surface area contributed by atoms with Crippen molar-refractivity contribution in [2.45, 2.75) is 190 Å². The fraction of sp³-hybridized carbons (Fsp3) is 1.00. The fourth-order valence-corrected chi connectivity index (χ4v) is 7.46. The van der Waals surface area contributed by atoms with E-state index < -0.39 is 0 Å². The van der Waals surface area contributed by atoms with E-state index in [0.717, 1.165) is 0 Å². The molecule has 0 spiro atoms. The molecule has 0 bridgehead atoms. The third kappa shape index (κ3) is 30.8. The molecule has 0 aromatic heterocycles. The summed E-state index contributed by atoms with van der Waals surface area (Å²) in [4.78, 5) is 0. The maximum atomic E-state index is 2.31. The van der Waals surface area contributed by atoms with Gasteiger partial charge in [-0.15, -0.1) is 0 Å². The summed E-state index contributed by atoms with van der Waals surface area (Å²) in [5.41, 5.74) is 0. The monoisotopic (exact) mass is 552 g/mol. The van der Waals surface area contributed by atoms with Crippen LogP contribution in [-0.2, 0) is 0 Å². The van der Waals surface area contributed by atoms with Crippen molar-refractivity contribution in [3.05, 3.63) is 0 Å². The minimum Gasteiger partial charge on any atom is -0.0654 e. The van der Waals surface area contributed by atoms with Crippen LogP contribution in [0, 0.1) is 0 Å². The number of hydrogen-bond donors (Lipinski definition) is 0. The van der Waals surface area contributed by atoms with Crippen LogP contribution >= 0.6 is 0 Å². The molecule has 0 aliphatic rings. The van der Waals surface area contributed by atoms with Crippen LogP contribution in [-0.4, -0.2) is 20.9 Å². The average molecular weight is 550 g/mol. The Morgan fingerprint density at radius 3 is 0.677 bits per heavy atom. The van der Waals surface area contributed by atoms with E-state index in [1.807, 2.05) is 0 Å². The van der Waals surface area contributed by atoms with Gasteiger partial charge in [-0.05, 0) is 0 Å². The molecule has 188 valence electrons. The number of unbranched alkanes of at least 4 members (excludes halogenated alkanes) is 24. The zero-order valence-electron chi connectivity index (χ0n) is 22.2. The molecule has 0 aromatic carbocycles. The van der Waals surface area contributed by atoms with Crippen LogP contribution < -0.4 is 0 Å². The van der Waals surface area contributed by atoms with Gasteiger partial charge >= 0.3 is 171 Å². The standard InChI is InChI=1S/C30H62Te/c1-3-5-7-9-11-13-15-17-19-21-23-25-27-29-31-30-28-26-24-22-20-18-16-14-12-10-8-6-4-2/h3-30H2,1-2H3. The van der Waals surface area contributed by atoms with Crippen molar-refractivity contribution in [1.29, 1.82) is 0 Å². The first-order chi connectivity index (χ1) is 15.4. The van der Waals surface area contributed by atoms with E-state index in [9.17, 15) is 0 Å². The van der Waals surface area contributed by atoms with Crippen LogP contribution in [0.1, 0.15) is 181 Å². The van der Waals surface area contributed by atoms with Crippen molar-refractivity contribution < 1.29 is 0 Å². The van der Waals surface area contributed by atoms with Gasteiger partial charge in [0, 0.05) is 0 Å². The zero-order valence-corrected chi connectivity index (χ0v) is 24.5. The van der Waals surface area contributed by atoms with Crippen LogP contribution in [0.15, 0.2) is 0 Å². The third-order valence-corrected chi connectivity index (χ3v) is 10.1. The molecule has 0 saturated carbocycles. The van der Waals surface area contributed by atoms with Crippen molar-refractivity contribution in [2.24, 2.45) is 0 Å². The van der Waals surface area contributed by atoms with Gasteiger partial charge < -0.3 is 0 Å². The predicted octanol–water partition coefficient (Wildman–Crippen LogP) is 11.7. The van der Waals surface area contributed by atoms with Gasteiger partial charge in [-0.3, -0.25) is 0 Å². The zero-order chi connectivity index (χ0) is 22.5. The van der Waals surface area contributed by atoms with E-state index in [1.54, 1.807) is 21.8 Å². The van der Waals surface area contributed by atoms with E-state index in [2.05, 4.69) is 13.8 Å². The quantitative estimate of drug-likeness (QED) is 0.0672. The smallest absolute Gasteiger partial charge is 0.0654 e. The molecule has 0 aliphatic heterocycles. The minimum atomic E-state index is 0.368. The molecule has 0 aliphatic carbocycles. The first-order valence-electron chi connectivity index (χ1n) is 15.0. The molecule has 31 heavy (non-hydrogen) atoms. The van der Waals surface area contributed by atoms with Crippen LogP contribution in [0.2, 0.25) is 8.94 Å². The maximum absolute atomic E-state index is 2.31. The van der Waals surface area contributed by atoms with Gasteiger partial charge in [0.05, 0.1) is 0 Å². The second kappa shape index (κ2) is 30.8. The average Bonchev–Trinajstić information content (AvgIpc) is 2.78. The number of rotatable bonds is 28. The molecule has 0 rings (SSSR count). The Balaban J connectivity index is 2.98. The molecule has 0 fully saturated rings. The molecule has 0 heterocycles. The summed E-state index contributed by atoms with van der Waals surface area (Å²) in [6.45, 7) is 4.62. The summed E-state index contributed by atoms with van der Waals surface area (Å²) in [5, 5.41) is 0. The van der Waals surface area contributed by atoms with Gasteiger partial charge in [0.1, 0.15) is 0 Å². The molecule has 1 heteroatoms. The molecular weight excluding hydrogens is 488 g/mol. The molecule has 0 radical (unpaired) electrons. The molecule has 0 saturated heterocycles. The van der Waals surface area contributed by atoms with Gasteiger partial charge in [0.2, 0.25) is 0 Å². The predicted molar refractivity (Wildman–Crippen MR) is 147 cm³/mol. The van der Waals surface area contributed by atoms with Crippen molar-refractivity contribution in [3.8, 4) is 0 Å². The summed E-state index contributed by atoms with van der Waals surface area (Å²) in [5.74, 6) is 0. The molecular formula is C30H62Te. The Bertz CT molecular complexity index is 260. The topological polar surface area (TPSA) is 0 Å². The van der Waals surface area contributed by atoms with E-state index in [1.165, 1.54) is 154 Å². The number of hydrogen-bond acceptors (Lipinski definition) is 0. The summed E-state index contributed by atoms with van der Waals surface area (Å²) in [7, 11) is 0. The molecule has 0 nitrogen and oxygen atoms in total. The SMILES string of the molecule is CCCCCCCCCCCCCCC[Te]CCCCCCCCCCCCCCC. The summed E-state index contributed by atoms with van der Waals surface area (Å²) in [6.07, 6.45) is 38.7. The summed E-state index contributed by atoms with van der Waals surface area (Å²) >= 11 is 0.368. The second-order valence-corrected chi connectivity index (χ2v) is 13.6. The van der Waals surface area contributed by atoms with E-state index in [4.69, 9.17) is 0 Å². The van der Waals surface area contributed by atoms with Crippen molar-refractivity contribution in [3.63, 3.8) is 0 Å². The van der Waals surface area contributed by atoms with Crippen LogP contribution in [0.5, 0.6) is 0 Å². The Kier molecular flexibility index (Phi) is 31.6. The van der Waals surface area contributed by atoms with Crippen LogP contribution in [0.3, 0.4) is 0 Å². The van der Waals surface area contributed by atoms with Crippen molar-refractivity contribution >= 4 is 20.9 Å². The minimum absolute atomic E-state index is 0.368. The van der Waals surface area contributed by atoms with E-state index in [-0.39, 0.29) is 0 Å². The Labute approximate surface area is 210 Å². The Hall–Kier alpha value is 0.790. The van der Waals surface area contributed by atoms with Crippen LogP contribution in [0.4, 0.5) is 0 Å². The third-order valence-electron chi connectivity index (χ3n) is 6.78. The van der Waals surface area contributed by atoms with E-state index >= 15 is 0 Å². The van der Waals surface area contributed by atoms with Gasteiger partial charge in [-0.2, -0.15) is 0 Å². The first kappa shape index (κ1) is 31.8. The van der Waals surface area contributed by atoms with E-state index in [0.29, 0.717) is 20.9 Å². The second-order valence-electron chi connectivity index (χ2n) is 10.1. The van der Waals surface area contributed by atoms with Gasteiger partial charge in [0.25, 0.3) is 0 Å². The molecule has 0 aromatic rings. The van der Waals surface area contributed by atoms with Crippen molar-refractivity contribution in [2.75, 3.05) is 0 Å². The summed E-state index contributed by atoms with van der Waals surface area (Å²) < 4.78 is 3.25. The first-order valence-corrected chi connectivity index (χ1v) is 18.3.